The van der Waals surface area contributed by atoms with Crippen molar-refractivity contribution in [1.82, 2.24) is 4.72 Å². The maximum absolute atomic E-state index is 12.2. The number of sulfonamides is 1. The number of hydrogen-bond acceptors (Lipinski definition) is 3. The monoisotopic (exact) mass is 303 g/mol. The summed E-state index contributed by atoms with van der Waals surface area (Å²) in [6.45, 7) is 0. The van der Waals surface area contributed by atoms with Crippen LogP contribution in [0, 0.1) is 11.8 Å². The highest BCUT2D eigenvalue weighted by Gasteiger charge is 2.34. The number of aliphatic carboxylic acids is 1. The molecule has 2 N–H and O–H groups in total. The minimum atomic E-state index is -3.36. The first-order valence-corrected chi connectivity index (χ1v) is 9.36. The molecule has 0 heterocycles. The first-order chi connectivity index (χ1) is 9.48. The van der Waals surface area contributed by atoms with Crippen molar-refractivity contribution in [3.63, 3.8) is 0 Å². The second-order valence-electron chi connectivity index (χ2n) is 6.24. The molecular formula is C14H25NO4S. The van der Waals surface area contributed by atoms with Gasteiger partial charge in [-0.05, 0) is 31.6 Å². The summed E-state index contributed by atoms with van der Waals surface area (Å²) in [6.07, 6.45) is 8.38. The molecule has 2 fully saturated rings. The van der Waals surface area contributed by atoms with Crippen LogP contribution < -0.4 is 4.72 Å². The van der Waals surface area contributed by atoms with E-state index in [1.54, 1.807) is 0 Å². The number of nitrogens with one attached hydrogen (secondary N) is 1. The van der Waals surface area contributed by atoms with Crippen molar-refractivity contribution in [1.29, 1.82) is 0 Å². The van der Waals surface area contributed by atoms with Gasteiger partial charge >= 0.3 is 5.97 Å². The minimum Gasteiger partial charge on any atom is -0.481 e. The lowest BCUT2D eigenvalue weighted by molar-refractivity contribution is -0.143. The molecule has 116 valence electrons. The first-order valence-electron chi connectivity index (χ1n) is 7.71. The van der Waals surface area contributed by atoms with Crippen LogP contribution in [-0.2, 0) is 14.8 Å². The van der Waals surface area contributed by atoms with Gasteiger partial charge in [-0.1, -0.05) is 32.1 Å². The predicted octanol–water partition coefficient (Wildman–Crippen LogP) is 2.13. The predicted molar refractivity (Wildman–Crippen MR) is 76.9 cm³/mol. The molecule has 2 saturated carbocycles. The van der Waals surface area contributed by atoms with Crippen molar-refractivity contribution in [3.8, 4) is 0 Å². The second-order valence-corrected chi connectivity index (χ2v) is 8.04. The molecule has 0 spiro atoms. The van der Waals surface area contributed by atoms with Crippen LogP contribution >= 0.6 is 0 Å². The van der Waals surface area contributed by atoms with Crippen LogP contribution in [0.5, 0.6) is 0 Å². The Labute approximate surface area is 121 Å². The molecule has 0 aromatic carbocycles. The molecule has 2 unspecified atom stereocenters. The smallest absolute Gasteiger partial charge is 0.308 e. The van der Waals surface area contributed by atoms with E-state index in [0.717, 1.165) is 38.5 Å². The van der Waals surface area contributed by atoms with Gasteiger partial charge in [-0.2, -0.15) is 0 Å². The summed E-state index contributed by atoms with van der Waals surface area (Å²) in [4.78, 5) is 11.2. The fraction of sp³-hybridized carbons (Fsp3) is 0.929. The van der Waals surface area contributed by atoms with Crippen LogP contribution in [0.1, 0.15) is 57.8 Å². The van der Waals surface area contributed by atoms with Gasteiger partial charge in [-0.15, -0.1) is 0 Å². The largest absolute Gasteiger partial charge is 0.481 e. The summed E-state index contributed by atoms with van der Waals surface area (Å²) in [7, 11) is -3.36. The van der Waals surface area contributed by atoms with E-state index in [0.29, 0.717) is 12.8 Å². The van der Waals surface area contributed by atoms with Gasteiger partial charge in [0.1, 0.15) is 0 Å². The van der Waals surface area contributed by atoms with Crippen LogP contribution in [0.25, 0.3) is 0 Å². The summed E-state index contributed by atoms with van der Waals surface area (Å²) < 4.78 is 27.1. The van der Waals surface area contributed by atoms with Crippen molar-refractivity contribution in [3.05, 3.63) is 0 Å². The van der Waals surface area contributed by atoms with Crippen molar-refractivity contribution in [2.75, 3.05) is 5.75 Å². The maximum atomic E-state index is 12.2. The first kappa shape index (κ1) is 15.8. The number of carboxylic acid groups (broad SMARTS) is 1. The number of rotatable bonds is 5. The average Bonchev–Trinajstić information content (AvgIpc) is 2.39. The van der Waals surface area contributed by atoms with E-state index < -0.39 is 28.0 Å². The molecule has 6 heteroatoms. The van der Waals surface area contributed by atoms with E-state index in [-0.39, 0.29) is 11.7 Å². The second kappa shape index (κ2) is 6.89. The van der Waals surface area contributed by atoms with Gasteiger partial charge < -0.3 is 5.11 Å². The zero-order valence-electron chi connectivity index (χ0n) is 11.9. The minimum absolute atomic E-state index is 0.163. The molecule has 0 radical (unpaired) electrons. The van der Waals surface area contributed by atoms with Gasteiger partial charge in [0.05, 0.1) is 11.7 Å². The van der Waals surface area contributed by atoms with Gasteiger partial charge in [0, 0.05) is 6.04 Å². The van der Waals surface area contributed by atoms with Gasteiger partial charge in [-0.25, -0.2) is 13.1 Å². The quantitative estimate of drug-likeness (QED) is 0.815. The highest BCUT2D eigenvalue weighted by Crippen LogP contribution is 2.27. The molecule has 0 saturated heterocycles. The fourth-order valence-corrected chi connectivity index (χ4v) is 5.30. The Kier molecular flexibility index (Phi) is 5.43. The molecule has 0 aromatic heterocycles. The third kappa shape index (κ3) is 4.45. The molecule has 2 aliphatic rings. The summed E-state index contributed by atoms with van der Waals surface area (Å²) >= 11 is 0. The van der Waals surface area contributed by atoms with Crippen molar-refractivity contribution in [2.45, 2.75) is 63.8 Å². The van der Waals surface area contributed by atoms with Crippen molar-refractivity contribution >= 4 is 16.0 Å². The van der Waals surface area contributed by atoms with Crippen LogP contribution in [0.2, 0.25) is 0 Å². The topological polar surface area (TPSA) is 83.5 Å². The molecule has 2 rings (SSSR count). The number of hydrogen-bond donors (Lipinski definition) is 2. The van der Waals surface area contributed by atoms with Crippen LogP contribution in [0.4, 0.5) is 0 Å². The molecule has 20 heavy (non-hydrogen) atoms. The molecular weight excluding hydrogens is 278 g/mol. The summed E-state index contributed by atoms with van der Waals surface area (Å²) in [5.74, 6) is -1.04. The van der Waals surface area contributed by atoms with Gasteiger partial charge in [0.25, 0.3) is 0 Å². The number of carbonyl (C=O) groups is 1. The Balaban J connectivity index is 1.93. The van der Waals surface area contributed by atoms with Gasteiger partial charge in [0.2, 0.25) is 10.0 Å². The molecule has 0 aromatic rings. The van der Waals surface area contributed by atoms with E-state index >= 15 is 0 Å². The standard InChI is InChI=1S/C14H25NO4S/c16-14(17)12-8-4-5-9-13(12)15-20(18,19)10-11-6-2-1-3-7-11/h11-13,15H,1-10H2,(H,16,17). The summed E-state index contributed by atoms with van der Waals surface area (Å²) in [6, 6.07) is -0.421. The van der Waals surface area contributed by atoms with E-state index in [4.69, 9.17) is 0 Å². The Bertz CT molecular complexity index is 428. The molecule has 2 atom stereocenters. The lowest BCUT2D eigenvalue weighted by Crippen LogP contribution is -2.46. The maximum Gasteiger partial charge on any atom is 0.308 e. The summed E-state index contributed by atoms with van der Waals surface area (Å²) in [5, 5.41) is 9.19. The SMILES string of the molecule is O=C(O)C1CCCCC1NS(=O)(=O)CC1CCCCC1. The third-order valence-corrected chi connectivity index (χ3v) is 6.17. The van der Waals surface area contributed by atoms with Crippen molar-refractivity contribution < 1.29 is 18.3 Å². The third-order valence-electron chi connectivity index (χ3n) is 4.59. The lowest BCUT2D eigenvalue weighted by atomic mass is 9.85. The van der Waals surface area contributed by atoms with Crippen molar-refractivity contribution in [2.24, 2.45) is 11.8 Å². The Hall–Kier alpha value is -0.620. The van der Waals surface area contributed by atoms with Gasteiger partial charge in [0.15, 0.2) is 0 Å². The zero-order valence-corrected chi connectivity index (χ0v) is 12.7. The van der Waals surface area contributed by atoms with E-state index in [1.165, 1.54) is 6.42 Å². The highest BCUT2D eigenvalue weighted by atomic mass is 32.2. The average molecular weight is 303 g/mol. The number of carboxylic acids is 1. The van der Waals surface area contributed by atoms with E-state index in [2.05, 4.69) is 4.72 Å². The molecule has 2 aliphatic carbocycles. The Morgan fingerprint density at radius 2 is 1.60 bits per heavy atom. The van der Waals surface area contributed by atoms with Crippen LogP contribution in [0.3, 0.4) is 0 Å². The fourth-order valence-electron chi connectivity index (χ4n) is 3.51. The van der Waals surface area contributed by atoms with E-state index in [9.17, 15) is 18.3 Å². The molecule has 0 bridgehead atoms. The Morgan fingerprint density at radius 1 is 1.00 bits per heavy atom. The summed E-state index contributed by atoms with van der Waals surface area (Å²) in [5.41, 5.74) is 0. The molecule has 5 nitrogen and oxygen atoms in total. The van der Waals surface area contributed by atoms with E-state index in [1.807, 2.05) is 0 Å². The van der Waals surface area contributed by atoms with Gasteiger partial charge in [-0.3, -0.25) is 4.79 Å². The highest BCUT2D eigenvalue weighted by molar-refractivity contribution is 7.89. The van der Waals surface area contributed by atoms with Crippen LogP contribution in [0.15, 0.2) is 0 Å². The molecule has 0 aliphatic heterocycles. The Morgan fingerprint density at radius 3 is 2.25 bits per heavy atom. The molecule has 0 amide bonds. The normalized spacial score (nSPS) is 29.2. The lowest BCUT2D eigenvalue weighted by Gasteiger charge is -2.30. The van der Waals surface area contributed by atoms with Crippen LogP contribution in [-0.4, -0.2) is 31.3 Å². The zero-order chi connectivity index (χ0) is 14.6.